The Labute approximate surface area is 61.8 Å². The summed E-state index contributed by atoms with van der Waals surface area (Å²) in [6, 6.07) is -0.163. The third-order valence-electron chi connectivity index (χ3n) is 1.13. The Bertz CT molecular complexity index is 157. The van der Waals surface area contributed by atoms with Gasteiger partial charge >= 0.3 is 0 Å². The molecule has 0 aromatic carbocycles. The van der Waals surface area contributed by atoms with E-state index in [1.54, 1.807) is 11.1 Å². The third-order valence-corrected chi connectivity index (χ3v) is 1.92. The number of nitrogens with zero attached hydrogens (tertiary/aromatic N) is 1. The van der Waals surface area contributed by atoms with Crippen molar-refractivity contribution in [2.24, 2.45) is 0 Å². The molecule has 0 saturated carbocycles. The molecule has 0 saturated heterocycles. The van der Waals surface area contributed by atoms with E-state index in [9.17, 15) is 4.79 Å². The largest absolute Gasteiger partial charge is 0.304 e. The highest BCUT2D eigenvalue weighted by Crippen LogP contribution is 2.13. The number of nitrogens with one attached hydrogen (secondary N) is 1. The normalized spacial score (nSPS) is 26.2. The lowest BCUT2D eigenvalue weighted by molar-refractivity contribution is -0.109. The lowest BCUT2D eigenvalue weighted by Crippen LogP contribution is -2.33. The second-order valence-electron chi connectivity index (χ2n) is 1.84. The maximum atomic E-state index is 10.1. The number of halogens is 1. The predicted molar refractivity (Wildman–Crippen MR) is 37.8 cm³/mol. The van der Waals surface area contributed by atoms with Gasteiger partial charge in [-0.3, -0.25) is 0 Å². The molecule has 0 aromatic rings. The monoisotopic (exact) mass is 190 g/mol. The van der Waals surface area contributed by atoms with Crippen LogP contribution in [-0.4, -0.2) is 24.4 Å². The van der Waals surface area contributed by atoms with E-state index in [1.807, 2.05) is 7.05 Å². The molecule has 0 fully saturated rings. The van der Waals surface area contributed by atoms with Crippen molar-refractivity contribution in [3.8, 4) is 0 Å². The fourth-order valence-corrected chi connectivity index (χ4v) is 1.04. The van der Waals surface area contributed by atoms with Crippen LogP contribution in [0.1, 0.15) is 0 Å². The highest BCUT2D eigenvalue weighted by Gasteiger charge is 2.15. The topological polar surface area (TPSA) is 32.3 Å². The quantitative estimate of drug-likeness (QED) is 0.476. The Morgan fingerprint density at radius 2 is 2.67 bits per heavy atom. The summed E-state index contributed by atoms with van der Waals surface area (Å²) < 4.78 is 0.902. The summed E-state index contributed by atoms with van der Waals surface area (Å²) in [6.45, 7) is 0. The zero-order valence-corrected chi connectivity index (χ0v) is 6.55. The van der Waals surface area contributed by atoms with Crippen molar-refractivity contribution in [1.29, 1.82) is 0 Å². The van der Waals surface area contributed by atoms with Crippen LogP contribution in [0.25, 0.3) is 0 Å². The van der Waals surface area contributed by atoms with E-state index in [-0.39, 0.29) is 6.04 Å². The second kappa shape index (κ2) is 2.49. The summed E-state index contributed by atoms with van der Waals surface area (Å²) in [6.07, 6.45) is 2.65. The van der Waals surface area contributed by atoms with Crippen molar-refractivity contribution in [1.82, 2.24) is 10.4 Å². The Morgan fingerprint density at radius 1 is 2.00 bits per heavy atom. The van der Waals surface area contributed by atoms with Crippen LogP contribution in [0.3, 0.4) is 0 Å². The number of hydrazine groups is 1. The Balaban J connectivity index is 2.62. The van der Waals surface area contributed by atoms with E-state index in [4.69, 9.17) is 0 Å². The predicted octanol–water partition coefficient (Wildman–Crippen LogP) is 0.240. The third kappa shape index (κ3) is 1.31. The minimum absolute atomic E-state index is 0.163. The van der Waals surface area contributed by atoms with Gasteiger partial charge in [0.1, 0.15) is 12.3 Å². The summed E-state index contributed by atoms with van der Waals surface area (Å²) >= 11 is 3.25. The summed E-state index contributed by atoms with van der Waals surface area (Å²) in [5.74, 6) is 0. The number of hydrogen-bond acceptors (Lipinski definition) is 3. The number of rotatable bonds is 1. The first kappa shape index (κ1) is 6.77. The van der Waals surface area contributed by atoms with Gasteiger partial charge in [-0.2, -0.15) is 0 Å². The van der Waals surface area contributed by atoms with Gasteiger partial charge in [-0.05, 0) is 22.0 Å². The van der Waals surface area contributed by atoms with Crippen LogP contribution in [0, 0.1) is 0 Å². The standard InChI is InChI=1S/C5H7BrN2O/c1-8-5(6)2-4(3-9)7-8/h2-4,7H,1H3. The van der Waals surface area contributed by atoms with Crippen molar-refractivity contribution in [3.05, 3.63) is 10.7 Å². The van der Waals surface area contributed by atoms with Crippen LogP contribution in [-0.2, 0) is 4.79 Å². The van der Waals surface area contributed by atoms with Crippen molar-refractivity contribution in [3.63, 3.8) is 0 Å². The molecule has 1 atom stereocenters. The van der Waals surface area contributed by atoms with Gasteiger partial charge in [-0.15, -0.1) is 0 Å². The first-order valence-electron chi connectivity index (χ1n) is 2.56. The first-order valence-corrected chi connectivity index (χ1v) is 3.36. The molecule has 3 nitrogen and oxygen atoms in total. The summed E-state index contributed by atoms with van der Waals surface area (Å²) in [5, 5.41) is 1.75. The molecule has 0 spiro atoms. The minimum atomic E-state index is -0.163. The van der Waals surface area contributed by atoms with Crippen LogP contribution in [0.5, 0.6) is 0 Å². The van der Waals surface area contributed by atoms with Gasteiger partial charge < -0.3 is 9.80 Å². The van der Waals surface area contributed by atoms with Gasteiger partial charge in [0, 0.05) is 7.05 Å². The molecular formula is C5H7BrN2O. The highest BCUT2D eigenvalue weighted by atomic mass is 79.9. The van der Waals surface area contributed by atoms with Crippen LogP contribution in [0.4, 0.5) is 0 Å². The average molecular weight is 191 g/mol. The number of hydrogen-bond donors (Lipinski definition) is 1. The molecule has 0 aliphatic carbocycles. The molecule has 1 N–H and O–H groups in total. The van der Waals surface area contributed by atoms with E-state index in [1.165, 1.54) is 0 Å². The van der Waals surface area contributed by atoms with Gasteiger partial charge in [0.25, 0.3) is 0 Å². The van der Waals surface area contributed by atoms with E-state index in [0.717, 1.165) is 10.9 Å². The Kier molecular flexibility index (Phi) is 1.87. The molecule has 0 amide bonds. The maximum Gasteiger partial charge on any atom is 0.142 e. The lowest BCUT2D eigenvalue weighted by atomic mass is 10.4. The van der Waals surface area contributed by atoms with Crippen molar-refractivity contribution < 1.29 is 4.79 Å². The van der Waals surface area contributed by atoms with Crippen LogP contribution in [0.15, 0.2) is 10.7 Å². The molecule has 0 aromatic heterocycles. The zero-order chi connectivity index (χ0) is 6.85. The minimum Gasteiger partial charge on any atom is -0.304 e. The van der Waals surface area contributed by atoms with Crippen LogP contribution < -0.4 is 5.43 Å². The SMILES string of the molecule is CN1NC(C=O)C=C1Br. The lowest BCUT2D eigenvalue weighted by Gasteiger charge is -2.11. The van der Waals surface area contributed by atoms with E-state index >= 15 is 0 Å². The molecule has 4 heteroatoms. The number of carbonyl (C=O) groups excluding carboxylic acids is 1. The van der Waals surface area contributed by atoms with E-state index in [2.05, 4.69) is 21.4 Å². The second-order valence-corrected chi connectivity index (χ2v) is 2.65. The molecular weight excluding hydrogens is 184 g/mol. The number of carbonyl (C=O) groups is 1. The van der Waals surface area contributed by atoms with Gasteiger partial charge in [0.2, 0.25) is 0 Å². The summed E-state index contributed by atoms with van der Waals surface area (Å²) in [5.41, 5.74) is 2.88. The zero-order valence-electron chi connectivity index (χ0n) is 4.97. The number of aldehydes is 1. The maximum absolute atomic E-state index is 10.1. The van der Waals surface area contributed by atoms with Gasteiger partial charge in [0.15, 0.2) is 0 Å². The fourth-order valence-electron chi connectivity index (χ4n) is 0.652. The summed E-state index contributed by atoms with van der Waals surface area (Å²) in [7, 11) is 1.84. The molecule has 1 aliphatic heterocycles. The molecule has 9 heavy (non-hydrogen) atoms. The van der Waals surface area contributed by atoms with Crippen molar-refractivity contribution >= 4 is 22.2 Å². The molecule has 0 bridgehead atoms. The van der Waals surface area contributed by atoms with Crippen molar-refractivity contribution in [2.75, 3.05) is 7.05 Å². The van der Waals surface area contributed by atoms with Crippen LogP contribution in [0.2, 0.25) is 0 Å². The van der Waals surface area contributed by atoms with E-state index in [0.29, 0.717) is 0 Å². The Hall–Kier alpha value is -0.350. The van der Waals surface area contributed by atoms with E-state index < -0.39 is 0 Å². The Morgan fingerprint density at radius 3 is 2.89 bits per heavy atom. The summed E-state index contributed by atoms with van der Waals surface area (Å²) in [4.78, 5) is 10.1. The fraction of sp³-hybridized carbons (Fsp3) is 0.400. The molecule has 1 rings (SSSR count). The molecule has 1 aliphatic rings. The van der Waals surface area contributed by atoms with Gasteiger partial charge in [-0.25, -0.2) is 5.43 Å². The van der Waals surface area contributed by atoms with Crippen LogP contribution >= 0.6 is 15.9 Å². The molecule has 1 heterocycles. The first-order chi connectivity index (χ1) is 4.24. The highest BCUT2D eigenvalue weighted by molar-refractivity contribution is 9.11. The average Bonchev–Trinajstić information content (AvgIpc) is 2.13. The smallest absolute Gasteiger partial charge is 0.142 e. The van der Waals surface area contributed by atoms with Gasteiger partial charge in [-0.1, -0.05) is 0 Å². The molecule has 0 radical (unpaired) electrons. The molecule has 1 unspecified atom stereocenters. The van der Waals surface area contributed by atoms with Gasteiger partial charge in [0.05, 0.1) is 4.61 Å². The molecule has 50 valence electrons. The van der Waals surface area contributed by atoms with Crippen molar-refractivity contribution in [2.45, 2.75) is 6.04 Å².